The van der Waals surface area contributed by atoms with Crippen molar-refractivity contribution in [2.24, 2.45) is 16.9 Å². The van der Waals surface area contributed by atoms with Crippen molar-refractivity contribution in [3.05, 3.63) is 40.1 Å². The predicted octanol–water partition coefficient (Wildman–Crippen LogP) is 4.03. The van der Waals surface area contributed by atoms with E-state index >= 15 is 0 Å². The summed E-state index contributed by atoms with van der Waals surface area (Å²) in [5.74, 6) is 0.638. The fourth-order valence-electron chi connectivity index (χ4n) is 3.78. The second-order valence-corrected chi connectivity index (χ2v) is 8.66. The van der Waals surface area contributed by atoms with E-state index in [0.717, 1.165) is 61.7 Å². The third-order valence-electron chi connectivity index (χ3n) is 5.55. The quantitative estimate of drug-likeness (QED) is 0.448. The molecule has 3 N–H and O–H groups in total. The van der Waals surface area contributed by atoms with Gasteiger partial charge in [0.1, 0.15) is 5.00 Å². The van der Waals surface area contributed by atoms with Crippen LogP contribution in [0.15, 0.2) is 23.6 Å². The van der Waals surface area contributed by atoms with Crippen molar-refractivity contribution >= 4 is 16.3 Å². The predicted molar refractivity (Wildman–Crippen MR) is 112 cm³/mol. The molecule has 0 bridgehead atoms. The van der Waals surface area contributed by atoms with E-state index in [0.29, 0.717) is 12.5 Å². The van der Waals surface area contributed by atoms with Gasteiger partial charge in [-0.25, -0.2) is 5.43 Å². The number of hydrogen-bond acceptors (Lipinski definition) is 6. The van der Waals surface area contributed by atoms with E-state index in [1.165, 1.54) is 34.4 Å². The van der Waals surface area contributed by atoms with Gasteiger partial charge >= 0.3 is 0 Å². The van der Waals surface area contributed by atoms with E-state index in [2.05, 4.69) is 28.2 Å². The van der Waals surface area contributed by atoms with Gasteiger partial charge in [0, 0.05) is 48.5 Å². The Morgan fingerprint density at radius 2 is 2.07 bits per heavy atom. The number of fused-ring (bicyclic) bond motifs is 3. The van der Waals surface area contributed by atoms with Gasteiger partial charge < -0.3 is 10.5 Å². The molecule has 1 saturated carbocycles. The number of aryl methyl sites for hydroxylation is 1. The zero-order chi connectivity index (χ0) is 19.5. The lowest BCUT2D eigenvalue weighted by Gasteiger charge is -2.21. The molecule has 2 aromatic rings. The van der Waals surface area contributed by atoms with Crippen molar-refractivity contribution in [1.29, 1.82) is 0 Å². The lowest BCUT2D eigenvalue weighted by atomic mass is 9.94. The van der Waals surface area contributed by atoms with Crippen LogP contribution in [0.2, 0.25) is 0 Å². The number of aromatic nitrogens is 2. The van der Waals surface area contributed by atoms with Gasteiger partial charge in [0.15, 0.2) is 0 Å². The van der Waals surface area contributed by atoms with Crippen LogP contribution in [0.3, 0.4) is 0 Å². The summed E-state index contributed by atoms with van der Waals surface area (Å²) in [5.41, 5.74) is 14.4. The van der Waals surface area contributed by atoms with Crippen LogP contribution in [0.5, 0.6) is 0 Å². The van der Waals surface area contributed by atoms with Gasteiger partial charge in [0.05, 0.1) is 11.0 Å². The number of anilines is 1. The summed E-state index contributed by atoms with van der Waals surface area (Å²) < 4.78 is 7.52. The lowest BCUT2D eigenvalue weighted by molar-refractivity contribution is 0.0601. The fraction of sp³-hybridized carbons (Fsp3) is 0.550. The van der Waals surface area contributed by atoms with E-state index in [1.807, 2.05) is 0 Å². The van der Waals surface area contributed by atoms with Gasteiger partial charge in [-0.1, -0.05) is 12.2 Å². The molecule has 8 heteroatoms. The first-order valence-corrected chi connectivity index (χ1v) is 10.7. The molecule has 0 amide bonds. The molecule has 2 fully saturated rings. The highest BCUT2D eigenvalue weighted by Gasteiger charge is 2.27. The second-order valence-electron chi connectivity index (χ2n) is 7.64. The van der Waals surface area contributed by atoms with E-state index in [4.69, 9.17) is 15.6 Å². The average molecular weight is 402 g/mol. The van der Waals surface area contributed by atoms with Crippen LogP contribution in [0.4, 0.5) is 5.00 Å². The number of nitrogens with two attached hydrogens (primary N) is 1. The SMILES string of the molecule is C=C1CC1.NCc1c(NN=O)sc2c1CCc1nn(CC3CCOCC3)cc1-2. The minimum absolute atomic E-state index is 0.412. The van der Waals surface area contributed by atoms with Crippen molar-refractivity contribution < 1.29 is 4.74 Å². The summed E-state index contributed by atoms with van der Waals surface area (Å²) in [7, 11) is 0. The summed E-state index contributed by atoms with van der Waals surface area (Å²) >= 11 is 1.56. The summed E-state index contributed by atoms with van der Waals surface area (Å²) in [6.45, 7) is 6.74. The molecule has 0 radical (unpaired) electrons. The van der Waals surface area contributed by atoms with Crippen LogP contribution in [-0.4, -0.2) is 23.0 Å². The number of ether oxygens (including phenoxy) is 1. The number of thiophene rings is 1. The van der Waals surface area contributed by atoms with Crippen molar-refractivity contribution in [3.8, 4) is 10.4 Å². The summed E-state index contributed by atoms with van der Waals surface area (Å²) in [5, 5.41) is 8.39. The highest BCUT2D eigenvalue weighted by Crippen LogP contribution is 2.44. The topological polar surface area (TPSA) is 94.5 Å². The molecule has 7 nitrogen and oxygen atoms in total. The Kier molecular flexibility index (Phi) is 5.89. The Morgan fingerprint density at radius 1 is 1.32 bits per heavy atom. The summed E-state index contributed by atoms with van der Waals surface area (Å²) in [6, 6.07) is 0. The van der Waals surface area contributed by atoms with Gasteiger partial charge in [-0.3, -0.25) is 4.68 Å². The number of nitroso groups, excluding NO2 is 1. The van der Waals surface area contributed by atoms with Crippen LogP contribution in [-0.2, 0) is 30.7 Å². The molecule has 2 aromatic heterocycles. The smallest absolute Gasteiger partial charge is 0.117 e. The molecule has 2 aliphatic carbocycles. The highest BCUT2D eigenvalue weighted by molar-refractivity contribution is 7.19. The zero-order valence-corrected chi connectivity index (χ0v) is 16.9. The first-order chi connectivity index (χ1) is 13.7. The molecule has 0 unspecified atom stereocenters. The van der Waals surface area contributed by atoms with Crippen molar-refractivity contribution in [3.63, 3.8) is 0 Å². The van der Waals surface area contributed by atoms with Crippen LogP contribution < -0.4 is 11.2 Å². The molecule has 28 heavy (non-hydrogen) atoms. The molecule has 1 saturated heterocycles. The molecule has 3 heterocycles. The standard InChI is InChI=1S/C16H21N5O2S.C4H6/c17-7-12-11-1-2-14-13(15(11)24-16(12)18-20-22)9-21(19-14)8-10-3-5-23-6-4-10;1-4-2-3-4/h9-10H,1-8,17H2,(H,18,22);1-3H2. The first kappa shape index (κ1) is 19.3. The van der Waals surface area contributed by atoms with Gasteiger partial charge in [-0.15, -0.1) is 16.2 Å². The maximum atomic E-state index is 10.6. The third kappa shape index (κ3) is 4.19. The Bertz CT molecular complexity index is 860. The molecular formula is C20H27N5O2S. The summed E-state index contributed by atoms with van der Waals surface area (Å²) in [4.78, 5) is 11.8. The van der Waals surface area contributed by atoms with Gasteiger partial charge in [0.2, 0.25) is 0 Å². The van der Waals surface area contributed by atoms with Gasteiger partial charge in [-0.05, 0) is 50.0 Å². The van der Waals surface area contributed by atoms with Crippen molar-refractivity contribution in [2.45, 2.75) is 51.6 Å². The number of nitrogens with one attached hydrogen (secondary N) is 1. The number of nitrogens with zero attached hydrogens (tertiary/aromatic N) is 3. The van der Waals surface area contributed by atoms with Crippen LogP contribution >= 0.6 is 11.3 Å². The first-order valence-electron chi connectivity index (χ1n) is 9.93. The van der Waals surface area contributed by atoms with E-state index in [9.17, 15) is 4.91 Å². The Balaban J connectivity index is 0.000000429. The van der Waals surface area contributed by atoms with E-state index < -0.39 is 0 Å². The summed E-state index contributed by atoms with van der Waals surface area (Å²) in [6.07, 6.45) is 8.77. The number of rotatable bonds is 5. The molecule has 0 spiro atoms. The van der Waals surface area contributed by atoms with Crippen molar-refractivity contribution in [1.82, 2.24) is 9.78 Å². The van der Waals surface area contributed by atoms with E-state index in [1.54, 1.807) is 11.3 Å². The fourth-order valence-corrected chi connectivity index (χ4v) is 5.03. The minimum atomic E-state index is 0.412. The number of allylic oxidation sites excluding steroid dienone is 1. The van der Waals surface area contributed by atoms with Crippen molar-refractivity contribution in [2.75, 3.05) is 18.6 Å². The third-order valence-corrected chi connectivity index (χ3v) is 6.76. The second kappa shape index (κ2) is 8.55. The Hall–Kier alpha value is -2.03. The molecular weight excluding hydrogens is 374 g/mol. The maximum absolute atomic E-state index is 10.6. The van der Waals surface area contributed by atoms with Crippen LogP contribution in [0, 0.1) is 10.8 Å². The molecule has 0 aromatic carbocycles. The molecule has 5 rings (SSSR count). The molecule has 0 atom stereocenters. The molecule has 150 valence electrons. The lowest BCUT2D eigenvalue weighted by Crippen LogP contribution is -2.20. The zero-order valence-electron chi connectivity index (χ0n) is 16.1. The van der Waals surface area contributed by atoms with Gasteiger partial charge in [0.25, 0.3) is 0 Å². The Morgan fingerprint density at radius 3 is 2.71 bits per heavy atom. The van der Waals surface area contributed by atoms with Crippen LogP contribution in [0.25, 0.3) is 10.4 Å². The van der Waals surface area contributed by atoms with Crippen LogP contribution in [0.1, 0.15) is 42.5 Å². The number of hydrogen-bond donors (Lipinski definition) is 2. The molecule has 3 aliphatic rings. The minimum Gasteiger partial charge on any atom is -0.381 e. The maximum Gasteiger partial charge on any atom is 0.117 e. The van der Waals surface area contributed by atoms with Gasteiger partial charge in [-0.2, -0.15) is 5.10 Å². The Labute approximate surface area is 168 Å². The average Bonchev–Trinajstić information content (AvgIpc) is 3.25. The normalized spacial score (nSPS) is 18.0. The monoisotopic (exact) mass is 401 g/mol. The van der Waals surface area contributed by atoms with E-state index in [-0.39, 0.29) is 0 Å². The molecule has 1 aliphatic heterocycles. The largest absolute Gasteiger partial charge is 0.381 e. The highest BCUT2D eigenvalue weighted by atomic mass is 32.1.